The third kappa shape index (κ3) is 3.05. The maximum atomic E-state index is 12.7. The highest BCUT2D eigenvalue weighted by atomic mass is 35.5. The number of amidine groups is 1. The van der Waals surface area contributed by atoms with Crippen LogP contribution in [0.25, 0.3) is 0 Å². The molecular formula is C19H14ClN3O3S. The molecule has 0 saturated carbocycles. The van der Waals surface area contributed by atoms with Gasteiger partial charge in [0, 0.05) is 24.0 Å². The van der Waals surface area contributed by atoms with Crippen LogP contribution in [0.2, 0.25) is 5.02 Å². The lowest BCUT2D eigenvalue weighted by atomic mass is 10.1. The smallest absolute Gasteiger partial charge is 0.287 e. The molecule has 0 saturated heterocycles. The molecule has 1 aliphatic heterocycles. The number of sulfonamides is 1. The highest BCUT2D eigenvalue weighted by Crippen LogP contribution is 2.39. The van der Waals surface area contributed by atoms with Crippen molar-refractivity contribution in [2.75, 3.05) is 12.0 Å². The van der Waals surface area contributed by atoms with Crippen molar-refractivity contribution in [3.8, 4) is 5.75 Å². The van der Waals surface area contributed by atoms with Crippen LogP contribution >= 0.6 is 11.6 Å². The van der Waals surface area contributed by atoms with Gasteiger partial charge in [0.2, 0.25) is 0 Å². The Morgan fingerprint density at radius 3 is 2.67 bits per heavy atom. The number of methoxy groups -OCH3 is 1. The number of pyridine rings is 1. The van der Waals surface area contributed by atoms with E-state index in [9.17, 15) is 8.42 Å². The molecule has 6 nitrogen and oxygen atoms in total. The zero-order valence-electron chi connectivity index (χ0n) is 14.2. The fourth-order valence-corrected chi connectivity index (χ4v) is 4.24. The number of benzene rings is 2. The zero-order valence-corrected chi connectivity index (χ0v) is 15.8. The standard InChI is InChI=1S/C19H14ClN3O3S/c1-26-14-6-4-5-13(11-14)23-17-9-10-21-12-18(17)27(24,25)22-19(23)15-7-2-3-8-16(15)20/h2-12H,1H3. The lowest BCUT2D eigenvalue weighted by Gasteiger charge is -2.31. The molecular weight excluding hydrogens is 386 g/mol. The Morgan fingerprint density at radius 1 is 1.07 bits per heavy atom. The van der Waals surface area contributed by atoms with Gasteiger partial charge in [0.15, 0.2) is 5.84 Å². The average Bonchev–Trinajstić information content (AvgIpc) is 2.68. The Hall–Kier alpha value is -2.90. The van der Waals surface area contributed by atoms with Crippen molar-refractivity contribution >= 4 is 38.8 Å². The number of fused-ring (bicyclic) bond motifs is 1. The molecule has 4 rings (SSSR count). The summed E-state index contributed by atoms with van der Waals surface area (Å²) in [7, 11) is -2.35. The Morgan fingerprint density at radius 2 is 1.89 bits per heavy atom. The summed E-state index contributed by atoms with van der Waals surface area (Å²) in [6.45, 7) is 0. The van der Waals surface area contributed by atoms with Crippen LogP contribution in [0.5, 0.6) is 5.75 Å². The Labute approximate surface area is 161 Å². The van der Waals surface area contributed by atoms with Crippen LogP contribution in [-0.2, 0) is 10.0 Å². The molecule has 0 fully saturated rings. The molecule has 8 heteroatoms. The second-order valence-corrected chi connectivity index (χ2v) is 7.73. The lowest BCUT2D eigenvalue weighted by Crippen LogP contribution is -2.33. The van der Waals surface area contributed by atoms with Crippen LogP contribution in [0.4, 0.5) is 11.4 Å². The van der Waals surface area contributed by atoms with Gasteiger partial charge in [-0.15, -0.1) is 4.40 Å². The van der Waals surface area contributed by atoms with Gasteiger partial charge in [-0.25, -0.2) is 0 Å². The number of halogens is 1. The third-order valence-electron chi connectivity index (χ3n) is 4.13. The summed E-state index contributed by atoms with van der Waals surface area (Å²) in [6, 6.07) is 15.9. The first-order chi connectivity index (χ1) is 13.0. The monoisotopic (exact) mass is 399 g/mol. The lowest BCUT2D eigenvalue weighted by molar-refractivity contribution is 0.415. The molecule has 0 N–H and O–H groups in total. The van der Waals surface area contributed by atoms with Crippen molar-refractivity contribution in [3.05, 3.63) is 77.6 Å². The van der Waals surface area contributed by atoms with E-state index in [4.69, 9.17) is 16.3 Å². The zero-order chi connectivity index (χ0) is 19.0. The molecule has 0 aliphatic carbocycles. The molecule has 2 aromatic carbocycles. The van der Waals surface area contributed by atoms with Crippen LogP contribution < -0.4 is 9.64 Å². The second kappa shape index (κ2) is 6.68. The van der Waals surface area contributed by atoms with Gasteiger partial charge in [0.05, 0.1) is 23.5 Å². The van der Waals surface area contributed by atoms with E-state index in [0.717, 1.165) is 0 Å². The molecule has 1 aliphatic rings. The summed E-state index contributed by atoms with van der Waals surface area (Å²) >= 11 is 6.35. The number of aromatic nitrogens is 1. The van der Waals surface area contributed by atoms with E-state index in [1.807, 2.05) is 18.2 Å². The summed E-state index contributed by atoms with van der Waals surface area (Å²) in [5.41, 5.74) is 1.64. The molecule has 27 heavy (non-hydrogen) atoms. The number of anilines is 2. The number of rotatable bonds is 3. The van der Waals surface area contributed by atoms with Crippen molar-refractivity contribution < 1.29 is 13.2 Å². The Bertz CT molecular complexity index is 1160. The molecule has 2 heterocycles. The van der Waals surface area contributed by atoms with E-state index in [-0.39, 0.29) is 10.7 Å². The summed E-state index contributed by atoms with van der Waals surface area (Å²) in [5.74, 6) is 0.850. The van der Waals surface area contributed by atoms with Crippen LogP contribution in [0.15, 0.2) is 76.3 Å². The number of hydrogen-bond acceptors (Lipinski definition) is 5. The van der Waals surface area contributed by atoms with E-state index < -0.39 is 10.0 Å². The number of ether oxygens (including phenoxy) is 1. The quantitative estimate of drug-likeness (QED) is 0.664. The van der Waals surface area contributed by atoms with Crippen LogP contribution in [0, 0.1) is 0 Å². The van der Waals surface area contributed by atoms with Gasteiger partial charge in [0.25, 0.3) is 10.0 Å². The van der Waals surface area contributed by atoms with E-state index in [0.29, 0.717) is 27.7 Å². The Kier molecular flexibility index (Phi) is 4.33. The third-order valence-corrected chi connectivity index (χ3v) is 5.74. The number of nitrogens with zero attached hydrogens (tertiary/aromatic N) is 3. The SMILES string of the molecule is COc1cccc(N2C(c3ccccc3Cl)=NS(=O)(=O)c3cnccc32)c1. The second-order valence-electron chi connectivity index (χ2n) is 5.75. The molecule has 1 aromatic heterocycles. The molecule has 136 valence electrons. The van der Waals surface area contributed by atoms with Crippen LogP contribution in [0.3, 0.4) is 0 Å². The molecule has 0 bridgehead atoms. The minimum Gasteiger partial charge on any atom is -0.497 e. The first-order valence-corrected chi connectivity index (χ1v) is 9.81. The fourth-order valence-electron chi connectivity index (χ4n) is 2.90. The van der Waals surface area contributed by atoms with E-state index in [2.05, 4.69) is 9.38 Å². The van der Waals surface area contributed by atoms with Crippen molar-refractivity contribution in [3.63, 3.8) is 0 Å². The van der Waals surface area contributed by atoms with Gasteiger partial charge in [-0.3, -0.25) is 9.88 Å². The molecule has 0 amide bonds. The van der Waals surface area contributed by atoms with Crippen molar-refractivity contribution in [2.24, 2.45) is 4.40 Å². The van der Waals surface area contributed by atoms with Gasteiger partial charge in [-0.05, 0) is 30.3 Å². The van der Waals surface area contributed by atoms with Gasteiger partial charge < -0.3 is 4.74 Å². The van der Waals surface area contributed by atoms with E-state index >= 15 is 0 Å². The van der Waals surface area contributed by atoms with E-state index in [1.165, 1.54) is 12.4 Å². The minimum atomic E-state index is -3.92. The summed E-state index contributed by atoms with van der Waals surface area (Å²) in [5, 5.41) is 0.400. The first-order valence-electron chi connectivity index (χ1n) is 7.99. The highest BCUT2D eigenvalue weighted by Gasteiger charge is 2.33. The largest absolute Gasteiger partial charge is 0.497 e. The van der Waals surface area contributed by atoms with Gasteiger partial charge in [-0.2, -0.15) is 8.42 Å². The topological polar surface area (TPSA) is 71.9 Å². The summed E-state index contributed by atoms with van der Waals surface area (Å²) < 4.78 is 34.9. The van der Waals surface area contributed by atoms with Crippen molar-refractivity contribution in [1.82, 2.24) is 4.98 Å². The maximum absolute atomic E-state index is 12.7. The van der Waals surface area contributed by atoms with Gasteiger partial charge in [0.1, 0.15) is 10.6 Å². The molecule has 0 radical (unpaired) electrons. The van der Waals surface area contributed by atoms with Crippen molar-refractivity contribution in [2.45, 2.75) is 4.90 Å². The Balaban J connectivity index is 2.03. The fraction of sp³-hybridized carbons (Fsp3) is 0.0526. The maximum Gasteiger partial charge on any atom is 0.287 e. The van der Waals surface area contributed by atoms with Gasteiger partial charge in [-0.1, -0.05) is 29.8 Å². The van der Waals surface area contributed by atoms with Crippen LogP contribution in [0.1, 0.15) is 5.56 Å². The predicted molar refractivity (Wildman–Crippen MR) is 105 cm³/mol. The molecule has 0 atom stereocenters. The van der Waals surface area contributed by atoms with Gasteiger partial charge >= 0.3 is 0 Å². The van der Waals surface area contributed by atoms with Crippen molar-refractivity contribution in [1.29, 1.82) is 0 Å². The molecule has 0 unspecified atom stereocenters. The average molecular weight is 400 g/mol. The van der Waals surface area contributed by atoms with E-state index in [1.54, 1.807) is 48.4 Å². The summed E-state index contributed by atoms with van der Waals surface area (Å²) in [4.78, 5) is 5.71. The normalized spacial score (nSPS) is 15.0. The predicted octanol–water partition coefficient (Wildman–Crippen LogP) is 4.03. The summed E-state index contributed by atoms with van der Waals surface area (Å²) in [6.07, 6.45) is 2.84. The molecule has 0 spiro atoms. The van der Waals surface area contributed by atoms with Crippen LogP contribution in [-0.4, -0.2) is 26.3 Å². The molecule has 3 aromatic rings. The number of hydrogen-bond donors (Lipinski definition) is 0. The highest BCUT2D eigenvalue weighted by molar-refractivity contribution is 7.90. The first kappa shape index (κ1) is 17.5. The minimum absolute atomic E-state index is 0.0311.